The van der Waals surface area contributed by atoms with Gasteiger partial charge >= 0.3 is 0 Å². The largest absolute Gasteiger partial charge is 0.365 e. The molecule has 0 spiro atoms. The van der Waals surface area contributed by atoms with Crippen LogP contribution in [0.25, 0.3) is 0 Å². The number of carbonyl (C=O) groups is 1. The van der Waals surface area contributed by atoms with Crippen LogP contribution in [-0.2, 0) is 9.53 Å². The van der Waals surface area contributed by atoms with Crippen molar-refractivity contribution in [2.24, 2.45) is 0 Å². The molecule has 1 aromatic rings. The van der Waals surface area contributed by atoms with E-state index in [0.717, 1.165) is 18.5 Å². The molecule has 0 radical (unpaired) electrons. The Balaban J connectivity index is 1.92. The number of rotatable bonds is 5. The van der Waals surface area contributed by atoms with Gasteiger partial charge in [-0.05, 0) is 38.3 Å². The van der Waals surface area contributed by atoms with Gasteiger partial charge in [-0.2, -0.15) is 0 Å². The van der Waals surface area contributed by atoms with Crippen molar-refractivity contribution < 1.29 is 9.53 Å². The third-order valence-electron chi connectivity index (χ3n) is 3.46. The molecule has 1 fully saturated rings. The molecule has 1 saturated carbocycles. The Morgan fingerprint density at radius 3 is 2.84 bits per heavy atom. The molecule has 0 unspecified atom stereocenters. The number of pyridine rings is 1. The van der Waals surface area contributed by atoms with E-state index in [2.05, 4.69) is 10.3 Å². The summed E-state index contributed by atoms with van der Waals surface area (Å²) in [5, 5.41) is 2.83. The van der Waals surface area contributed by atoms with Crippen LogP contribution in [0, 0.1) is 6.92 Å². The van der Waals surface area contributed by atoms with Crippen molar-refractivity contribution in [1.29, 1.82) is 0 Å². The number of ether oxygens (including phenoxy) is 1. The topological polar surface area (TPSA) is 51.2 Å². The van der Waals surface area contributed by atoms with Gasteiger partial charge in [-0.3, -0.25) is 4.79 Å². The molecule has 0 bridgehead atoms. The molecular formula is C15H22N2O2. The van der Waals surface area contributed by atoms with Crippen LogP contribution in [0.5, 0.6) is 0 Å². The molecule has 4 heteroatoms. The van der Waals surface area contributed by atoms with Crippen LogP contribution in [-0.4, -0.2) is 23.1 Å². The molecule has 1 aliphatic carbocycles. The van der Waals surface area contributed by atoms with Crippen LogP contribution in [0.4, 0.5) is 5.82 Å². The third-order valence-corrected chi connectivity index (χ3v) is 3.46. The van der Waals surface area contributed by atoms with Crippen molar-refractivity contribution in [1.82, 2.24) is 4.98 Å². The Morgan fingerprint density at radius 1 is 1.47 bits per heavy atom. The maximum atomic E-state index is 12.2. The van der Waals surface area contributed by atoms with Crippen molar-refractivity contribution in [3.05, 3.63) is 23.9 Å². The van der Waals surface area contributed by atoms with E-state index < -0.39 is 0 Å². The highest BCUT2D eigenvalue weighted by Crippen LogP contribution is 2.23. The summed E-state index contributed by atoms with van der Waals surface area (Å²) in [6.07, 6.45) is 5.14. The van der Waals surface area contributed by atoms with E-state index in [1.807, 2.05) is 26.0 Å². The molecule has 1 heterocycles. The van der Waals surface area contributed by atoms with Crippen molar-refractivity contribution >= 4 is 11.7 Å². The molecule has 0 saturated heterocycles. The van der Waals surface area contributed by atoms with Gasteiger partial charge in [0.1, 0.15) is 11.9 Å². The van der Waals surface area contributed by atoms with Crippen LogP contribution >= 0.6 is 0 Å². The fourth-order valence-corrected chi connectivity index (χ4v) is 2.42. The molecule has 2 rings (SSSR count). The van der Waals surface area contributed by atoms with Crippen molar-refractivity contribution in [3.8, 4) is 0 Å². The van der Waals surface area contributed by atoms with Crippen LogP contribution in [0.2, 0.25) is 0 Å². The monoisotopic (exact) mass is 262 g/mol. The molecule has 4 nitrogen and oxygen atoms in total. The number of nitrogens with one attached hydrogen (secondary N) is 1. The quantitative estimate of drug-likeness (QED) is 0.887. The second-order valence-electron chi connectivity index (χ2n) is 5.09. The van der Waals surface area contributed by atoms with Crippen LogP contribution < -0.4 is 5.32 Å². The van der Waals surface area contributed by atoms with Gasteiger partial charge in [0.25, 0.3) is 5.91 Å². The Bertz CT molecular complexity index is 428. The van der Waals surface area contributed by atoms with Crippen LogP contribution in [0.15, 0.2) is 18.2 Å². The number of anilines is 1. The second-order valence-corrected chi connectivity index (χ2v) is 5.09. The fourth-order valence-electron chi connectivity index (χ4n) is 2.42. The van der Waals surface area contributed by atoms with E-state index in [-0.39, 0.29) is 18.1 Å². The molecular weight excluding hydrogens is 240 g/mol. The lowest BCUT2D eigenvalue weighted by atomic mass is 10.2. The number of aromatic nitrogens is 1. The number of aryl methyl sites for hydroxylation is 1. The van der Waals surface area contributed by atoms with Crippen molar-refractivity contribution in [2.75, 3.05) is 5.32 Å². The van der Waals surface area contributed by atoms with Gasteiger partial charge in [-0.1, -0.05) is 25.8 Å². The minimum Gasteiger partial charge on any atom is -0.365 e. The van der Waals surface area contributed by atoms with Gasteiger partial charge in [0.15, 0.2) is 0 Å². The molecule has 19 heavy (non-hydrogen) atoms. The zero-order valence-electron chi connectivity index (χ0n) is 11.7. The van der Waals surface area contributed by atoms with Gasteiger partial charge in [0, 0.05) is 5.69 Å². The highest BCUT2D eigenvalue weighted by molar-refractivity contribution is 5.93. The normalized spacial score (nSPS) is 17.4. The van der Waals surface area contributed by atoms with E-state index in [1.54, 1.807) is 6.07 Å². The summed E-state index contributed by atoms with van der Waals surface area (Å²) in [5.41, 5.74) is 0.891. The lowest BCUT2D eigenvalue weighted by Gasteiger charge is -2.20. The molecule has 0 aliphatic heterocycles. The highest BCUT2D eigenvalue weighted by Gasteiger charge is 2.24. The number of nitrogens with zero attached hydrogens (tertiary/aromatic N) is 1. The minimum absolute atomic E-state index is 0.0903. The smallest absolute Gasteiger partial charge is 0.254 e. The van der Waals surface area contributed by atoms with Crippen molar-refractivity contribution in [2.45, 2.75) is 58.2 Å². The zero-order valence-corrected chi connectivity index (χ0v) is 11.7. The lowest BCUT2D eigenvalue weighted by Crippen LogP contribution is -2.33. The Morgan fingerprint density at radius 2 is 2.21 bits per heavy atom. The van der Waals surface area contributed by atoms with Crippen molar-refractivity contribution in [3.63, 3.8) is 0 Å². The van der Waals surface area contributed by atoms with E-state index in [1.165, 1.54) is 12.8 Å². The predicted molar refractivity (Wildman–Crippen MR) is 75.0 cm³/mol. The third kappa shape index (κ3) is 4.03. The average molecular weight is 262 g/mol. The number of hydrogen-bond donors (Lipinski definition) is 1. The first kappa shape index (κ1) is 14.0. The summed E-state index contributed by atoms with van der Waals surface area (Å²) in [6, 6.07) is 5.59. The van der Waals surface area contributed by atoms with Gasteiger partial charge in [0.05, 0.1) is 6.10 Å². The fraction of sp³-hybridized carbons (Fsp3) is 0.600. The molecule has 1 N–H and O–H groups in total. The van der Waals surface area contributed by atoms with Crippen LogP contribution in [0.1, 0.15) is 44.7 Å². The second kappa shape index (κ2) is 6.66. The molecule has 1 atom stereocenters. The molecule has 1 aromatic heterocycles. The number of hydrogen-bond acceptors (Lipinski definition) is 3. The first-order chi connectivity index (χ1) is 9.19. The predicted octanol–water partition coefficient (Wildman–Crippen LogP) is 3.07. The summed E-state index contributed by atoms with van der Waals surface area (Å²) in [4.78, 5) is 16.4. The molecule has 1 amide bonds. The van der Waals surface area contributed by atoms with E-state index in [4.69, 9.17) is 4.74 Å². The van der Waals surface area contributed by atoms with Crippen LogP contribution in [0.3, 0.4) is 0 Å². The van der Waals surface area contributed by atoms with Gasteiger partial charge < -0.3 is 10.1 Å². The Hall–Kier alpha value is -1.42. The standard InChI is InChI=1S/C15H22N2O2/c1-3-13(19-12-8-4-5-9-12)15(18)17-14-10-6-7-11(2)16-14/h6-7,10,12-13H,3-5,8-9H2,1-2H3,(H,16,17,18)/t13-/m1/s1. The first-order valence-corrected chi connectivity index (χ1v) is 7.09. The molecule has 0 aromatic carbocycles. The van der Waals surface area contributed by atoms with Gasteiger partial charge in [0.2, 0.25) is 0 Å². The summed E-state index contributed by atoms with van der Waals surface area (Å²) >= 11 is 0. The number of amides is 1. The van der Waals surface area contributed by atoms with Gasteiger partial charge in [-0.25, -0.2) is 4.98 Å². The minimum atomic E-state index is -0.370. The zero-order chi connectivity index (χ0) is 13.7. The molecule has 1 aliphatic rings. The lowest BCUT2D eigenvalue weighted by molar-refractivity contribution is -0.131. The van der Waals surface area contributed by atoms with E-state index >= 15 is 0 Å². The molecule has 104 valence electrons. The number of carbonyl (C=O) groups excluding carboxylic acids is 1. The van der Waals surface area contributed by atoms with E-state index in [0.29, 0.717) is 12.2 Å². The maximum absolute atomic E-state index is 12.2. The Kier molecular flexibility index (Phi) is 4.91. The SMILES string of the molecule is CC[C@@H](OC1CCCC1)C(=O)Nc1cccc(C)n1. The highest BCUT2D eigenvalue weighted by atomic mass is 16.5. The summed E-state index contributed by atoms with van der Waals surface area (Å²) in [5.74, 6) is 0.506. The summed E-state index contributed by atoms with van der Waals surface area (Å²) in [7, 11) is 0. The maximum Gasteiger partial charge on any atom is 0.254 e. The first-order valence-electron chi connectivity index (χ1n) is 7.09. The average Bonchev–Trinajstić information content (AvgIpc) is 2.88. The summed E-state index contributed by atoms with van der Waals surface area (Å²) < 4.78 is 5.88. The Labute approximate surface area is 114 Å². The van der Waals surface area contributed by atoms with Gasteiger partial charge in [-0.15, -0.1) is 0 Å². The van der Waals surface area contributed by atoms with E-state index in [9.17, 15) is 4.79 Å². The summed E-state index contributed by atoms with van der Waals surface area (Å²) in [6.45, 7) is 3.88.